The molecule has 0 aromatic carbocycles. The smallest absolute Gasteiger partial charge is 0.306 e. The zero-order valence-corrected chi connectivity index (χ0v) is 9.32. The molecule has 3 N–H and O–H groups in total. The predicted molar refractivity (Wildman–Crippen MR) is 57.6 cm³/mol. The summed E-state index contributed by atoms with van der Waals surface area (Å²) in [6, 6.07) is 0.113. The van der Waals surface area contributed by atoms with E-state index in [1.165, 1.54) is 0 Å². The maximum absolute atomic E-state index is 10.7. The molecule has 4 heteroatoms. The summed E-state index contributed by atoms with van der Waals surface area (Å²) in [6.07, 6.45) is 4.33. The molecule has 1 fully saturated rings. The summed E-state index contributed by atoms with van der Waals surface area (Å²) in [5.74, 6) is -0.830. The Kier molecular flexibility index (Phi) is 5.05. The Morgan fingerprint density at radius 3 is 2.53 bits per heavy atom. The molecule has 0 aromatic rings. The molecule has 1 atom stereocenters. The monoisotopic (exact) mass is 215 g/mol. The van der Waals surface area contributed by atoms with Crippen LogP contribution in [0.25, 0.3) is 0 Å². The molecule has 15 heavy (non-hydrogen) atoms. The number of carboxylic acids is 1. The van der Waals surface area contributed by atoms with Crippen molar-refractivity contribution in [3.63, 3.8) is 0 Å². The molecule has 0 bridgehead atoms. The number of nitrogens with two attached hydrogens (primary N) is 1. The van der Waals surface area contributed by atoms with Gasteiger partial charge in [0, 0.05) is 6.04 Å². The van der Waals surface area contributed by atoms with E-state index in [4.69, 9.17) is 15.6 Å². The minimum atomic E-state index is -0.668. The van der Waals surface area contributed by atoms with Crippen LogP contribution in [-0.2, 0) is 9.53 Å². The second kappa shape index (κ2) is 6.08. The Morgan fingerprint density at radius 1 is 1.47 bits per heavy atom. The molecular weight excluding hydrogens is 194 g/mol. The average Bonchev–Trinajstić information content (AvgIpc) is 2.26. The Morgan fingerprint density at radius 2 is 2.07 bits per heavy atom. The van der Waals surface area contributed by atoms with Crippen molar-refractivity contribution >= 4 is 5.97 Å². The van der Waals surface area contributed by atoms with E-state index in [0.717, 1.165) is 32.1 Å². The molecule has 4 nitrogen and oxygen atoms in total. The van der Waals surface area contributed by atoms with E-state index < -0.39 is 5.97 Å². The quantitative estimate of drug-likeness (QED) is 0.726. The van der Waals surface area contributed by atoms with Crippen molar-refractivity contribution in [3.8, 4) is 0 Å². The van der Waals surface area contributed by atoms with Crippen LogP contribution in [0.3, 0.4) is 0 Å². The Bertz CT molecular complexity index is 200. The molecule has 1 aliphatic rings. The van der Waals surface area contributed by atoms with Crippen molar-refractivity contribution in [2.75, 3.05) is 6.61 Å². The van der Waals surface area contributed by atoms with Gasteiger partial charge in [0.05, 0.1) is 18.6 Å². The van der Waals surface area contributed by atoms with Crippen molar-refractivity contribution in [1.29, 1.82) is 0 Å². The highest BCUT2D eigenvalue weighted by Crippen LogP contribution is 2.26. The lowest BCUT2D eigenvalue weighted by Crippen LogP contribution is -2.31. The lowest BCUT2D eigenvalue weighted by molar-refractivity contribution is -0.143. The van der Waals surface area contributed by atoms with E-state index in [0.29, 0.717) is 6.61 Å². The zero-order valence-electron chi connectivity index (χ0n) is 9.32. The summed E-state index contributed by atoms with van der Waals surface area (Å²) in [6.45, 7) is 2.63. The molecule has 0 heterocycles. The van der Waals surface area contributed by atoms with Gasteiger partial charge in [-0.15, -0.1) is 0 Å². The van der Waals surface area contributed by atoms with Crippen molar-refractivity contribution in [2.24, 2.45) is 11.7 Å². The highest BCUT2D eigenvalue weighted by atomic mass is 16.5. The highest BCUT2D eigenvalue weighted by Gasteiger charge is 2.26. The number of carbonyl (C=O) groups is 1. The predicted octanol–water partition coefficient (Wildman–Crippen LogP) is 1.38. The number of rotatable bonds is 5. The van der Waals surface area contributed by atoms with Gasteiger partial charge in [0.15, 0.2) is 0 Å². The van der Waals surface area contributed by atoms with Crippen LogP contribution in [0.15, 0.2) is 0 Å². The van der Waals surface area contributed by atoms with Gasteiger partial charge < -0.3 is 15.6 Å². The lowest BCUT2D eigenvalue weighted by Gasteiger charge is -2.27. The van der Waals surface area contributed by atoms with Gasteiger partial charge in [-0.2, -0.15) is 0 Å². The second-order valence-electron chi connectivity index (χ2n) is 4.31. The van der Waals surface area contributed by atoms with Gasteiger partial charge in [-0.3, -0.25) is 4.79 Å². The van der Waals surface area contributed by atoms with Crippen molar-refractivity contribution in [2.45, 2.75) is 51.2 Å². The molecule has 0 aliphatic heterocycles. The Hall–Kier alpha value is -0.610. The molecule has 0 spiro atoms. The second-order valence-corrected chi connectivity index (χ2v) is 4.31. The Balaban J connectivity index is 2.17. The van der Waals surface area contributed by atoms with Crippen LogP contribution in [0, 0.1) is 5.92 Å². The largest absolute Gasteiger partial charge is 0.481 e. The topological polar surface area (TPSA) is 72.5 Å². The fourth-order valence-corrected chi connectivity index (χ4v) is 1.85. The van der Waals surface area contributed by atoms with Gasteiger partial charge in [0.1, 0.15) is 0 Å². The summed E-state index contributed by atoms with van der Waals surface area (Å²) in [5, 5.41) is 8.82. The van der Waals surface area contributed by atoms with Crippen molar-refractivity contribution in [1.82, 2.24) is 0 Å². The van der Waals surface area contributed by atoms with E-state index in [1.54, 1.807) is 0 Å². The molecule has 0 saturated heterocycles. The fourth-order valence-electron chi connectivity index (χ4n) is 1.85. The summed E-state index contributed by atoms with van der Waals surface area (Å²) in [4.78, 5) is 10.7. The average molecular weight is 215 g/mol. The van der Waals surface area contributed by atoms with E-state index in [2.05, 4.69) is 0 Å². The van der Waals surface area contributed by atoms with Gasteiger partial charge in [-0.25, -0.2) is 0 Å². The molecule has 1 saturated carbocycles. The van der Waals surface area contributed by atoms with Gasteiger partial charge in [0.2, 0.25) is 0 Å². The number of carboxylic acid groups (broad SMARTS) is 1. The van der Waals surface area contributed by atoms with Crippen LogP contribution in [-0.4, -0.2) is 29.8 Å². The van der Waals surface area contributed by atoms with Gasteiger partial charge >= 0.3 is 5.97 Å². The first-order valence-corrected chi connectivity index (χ1v) is 5.73. The lowest BCUT2D eigenvalue weighted by atomic mass is 9.87. The van der Waals surface area contributed by atoms with Crippen LogP contribution >= 0.6 is 0 Å². The number of hydrogen-bond acceptors (Lipinski definition) is 3. The van der Waals surface area contributed by atoms with Gasteiger partial charge in [-0.05, 0) is 32.1 Å². The minimum absolute atomic E-state index is 0.113. The van der Waals surface area contributed by atoms with Crippen LogP contribution in [0.2, 0.25) is 0 Å². The standard InChI is InChI=1S/C11H21NO3/c1-2-9(12)7-15-10-5-3-8(4-6-10)11(13)14/h8-10H,2-7,12H2,1H3,(H,13,14). The molecule has 1 rings (SSSR count). The normalized spacial score (nSPS) is 28.7. The molecule has 1 aliphatic carbocycles. The summed E-state index contributed by atoms with van der Waals surface area (Å²) in [7, 11) is 0. The molecule has 0 amide bonds. The summed E-state index contributed by atoms with van der Waals surface area (Å²) >= 11 is 0. The van der Waals surface area contributed by atoms with Crippen LogP contribution < -0.4 is 5.73 Å². The van der Waals surface area contributed by atoms with E-state index in [9.17, 15) is 4.79 Å². The molecule has 0 aromatic heterocycles. The molecular formula is C11H21NO3. The van der Waals surface area contributed by atoms with Crippen molar-refractivity contribution < 1.29 is 14.6 Å². The van der Waals surface area contributed by atoms with Gasteiger partial charge in [-0.1, -0.05) is 6.92 Å². The number of aliphatic carboxylic acids is 1. The SMILES string of the molecule is CCC(N)COC1CCC(C(=O)O)CC1. The molecule has 88 valence electrons. The summed E-state index contributed by atoms with van der Waals surface area (Å²) < 4.78 is 5.65. The minimum Gasteiger partial charge on any atom is -0.481 e. The highest BCUT2D eigenvalue weighted by molar-refractivity contribution is 5.69. The fraction of sp³-hybridized carbons (Fsp3) is 0.909. The van der Waals surface area contributed by atoms with E-state index >= 15 is 0 Å². The van der Waals surface area contributed by atoms with Crippen LogP contribution in [0.4, 0.5) is 0 Å². The van der Waals surface area contributed by atoms with Crippen molar-refractivity contribution in [3.05, 3.63) is 0 Å². The number of hydrogen-bond donors (Lipinski definition) is 2. The third kappa shape index (κ3) is 4.18. The zero-order chi connectivity index (χ0) is 11.3. The number of ether oxygens (including phenoxy) is 1. The third-order valence-corrected chi connectivity index (χ3v) is 3.09. The first kappa shape index (κ1) is 12.5. The maximum atomic E-state index is 10.7. The maximum Gasteiger partial charge on any atom is 0.306 e. The van der Waals surface area contributed by atoms with Crippen LogP contribution in [0.5, 0.6) is 0 Å². The third-order valence-electron chi connectivity index (χ3n) is 3.09. The Labute approximate surface area is 90.8 Å². The summed E-state index contributed by atoms with van der Waals surface area (Å²) in [5.41, 5.74) is 5.75. The van der Waals surface area contributed by atoms with Crippen LogP contribution in [0.1, 0.15) is 39.0 Å². The first-order chi connectivity index (χ1) is 7.13. The first-order valence-electron chi connectivity index (χ1n) is 5.73. The van der Waals surface area contributed by atoms with Gasteiger partial charge in [0.25, 0.3) is 0 Å². The molecule has 1 unspecified atom stereocenters. The van der Waals surface area contributed by atoms with E-state index in [-0.39, 0.29) is 18.1 Å². The van der Waals surface area contributed by atoms with E-state index in [1.807, 2.05) is 6.92 Å². The molecule has 0 radical (unpaired) electrons.